The lowest BCUT2D eigenvalue weighted by Crippen LogP contribution is -2.68. The first-order valence-corrected chi connectivity index (χ1v) is 8.87. The van der Waals surface area contributed by atoms with Gasteiger partial charge in [0, 0.05) is 25.6 Å². The van der Waals surface area contributed by atoms with E-state index in [1.165, 1.54) is 45.7 Å². The van der Waals surface area contributed by atoms with Gasteiger partial charge in [-0.15, -0.1) is 0 Å². The second kappa shape index (κ2) is 5.52. The average Bonchev–Trinajstić information content (AvgIpc) is 2.51. The highest BCUT2D eigenvalue weighted by Crippen LogP contribution is 2.44. The van der Waals surface area contributed by atoms with Crippen LogP contribution in [0.2, 0.25) is 0 Å². The number of nitrogens with zero attached hydrogens (tertiary/aromatic N) is 2. The SMILES string of the molecule is CC(=O)OC1CCC2C3CCCN4CCCC(CN2C1=O)C34. The number of carbonyl (C=O) groups is 2. The predicted molar refractivity (Wildman–Crippen MR) is 81.1 cm³/mol. The van der Waals surface area contributed by atoms with Crippen LogP contribution in [0.5, 0.6) is 0 Å². The van der Waals surface area contributed by atoms with Gasteiger partial charge in [-0.25, -0.2) is 0 Å². The van der Waals surface area contributed by atoms with Crippen molar-refractivity contribution in [3.05, 3.63) is 0 Å². The summed E-state index contributed by atoms with van der Waals surface area (Å²) in [5.41, 5.74) is 0. The van der Waals surface area contributed by atoms with Crippen LogP contribution in [0, 0.1) is 11.8 Å². The van der Waals surface area contributed by atoms with Crippen LogP contribution in [0.4, 0.5) is 0 Å². The van der Waals surface area contributed by atoms with E-state index in [0.29, 0.717) is 30.3 Å². The lowest BCUT2D eigenvalue weighted by molar-refractivity contribution is -0.173. The molecule has 0 spiro atoms. The number of piperidine rings is 4. The molecular formula is C17H26N2O3. The third-order valence-corrected chi connectivity index (χ3v) is 6.26. The van der Waals surface area contributed by atoms with Gasteiger partial charge in [0.05, 0.1) is 0 Å². The fourth-order valence-corrected chi connectivity index (χ4v) is 5.56. The number of rotatable bonds is 1. The molecule has 5 atom stereocenters. The van der Waals surface area contributed by atoms with Gasteiger partial charge in [0.25, 0.3) is 5.91 Å². The highest BCUT2D eigenvalue weighted by molar-refractivity contribution is 5.84. The fourth-order valence-electron chi connectivity index (χ4n) is 5.56. The Morgan fingerprint density at radius 3 is 2.68 bits per heavy atom. The second-order valence-electron chi connectivity index (χ2n) is 7.47. The van der Waals surface area contributed by atoms with Crippen LogP contribution in [0.3, 0.4) is 0 Å². The normalized spacial score (nSPS) is 41.6. The Balaban J connectivity index is 1.57. The van der Waals surface area contributed by atoms with Crippen molar-refractivity contribution in [3.8, 4) is 0 Å². The summed E-state index contributed by atoms with van der Waals surface area (Å²) >= 11 is 0. The molecule has 4 aliphatic heterocycles. The van der Waals surface area contributed by atoms with E-state index < -0.39 is 6.10 Å². The van der Waals surface area contributed by atoms with Crippen molar-refractivity contribution in [2.45, 2.75) is 63.6 Å². The first-order chi connectivity index (χ1) is 10.6. The van der Waals surface area contributed by atoms with Crippen molar-refractivity contribution in [2.24, 2.45) is 11.8 Å². The molecule has 4 rings (SSSR count). The Bertz CT molecular complexity index is 479. The molecular weight excluding hydrogens is 280 g/mol. The number of amides is 1. The number of carbonyl (C=O) groups excluding carboxylic acids is 2. The van der Waals surface area contributed by atoms with Crippen LogP contribution >= 0.6 is 0 Å². The van der Waals surface area contributed by atoms with Crippen LogP contribution in [0.15, 0.2) is 0 Å². The van der Waals surface area contributed by atoms with Crippen LogP contribution in [0.25, 0.3) is 0 Å². The van der Waals surface area contributed by atoms with Crippen LogP contribution in [0.1, 0.15) is 45.4 Å². The molecule has 0 aromatic heterocycles. The summed E-state index contributed by atoms with van der Waals surface area (Å²) in [4.78, 5) is 28.8. The van der Waals surface area contributed by atoms with E-state index in [2.05, 4.69) is 9.80 Å². The lowest BCUT2D eigenvalue weighted by atomic mass is 9.68. The van der Waals surface area contributed by atoms with Crippen LogP contribution in [-0.4, -0.2) is 59.5 Å². The molecule has 0 aromatic carbocycles. The maximum absolute atomic E-state index is 12.8. The topological polar surface area (TPSA) is 49.9 Å². The molecule has 5 unspecified atom stereocenters. The second-order valence-corrected chi connectivity index (χ2v) is 7.47. The molecule has 122 valence electrons. The largest absolute Gasteiger partial charge is 0.452 e. The van der Waals surface area contributed by atoms with Gasteiger partial charge in [-0.2, -0.15) is 0 Å². The summed E-state index contributed by atoms with van der Waals surface area (Å²) in [5, 5.41) is 0. The monoisotopic (exact) mass is 306 g/mol. The molecule has 1 amide bonds. The van der Waals surface area contributed by atoms with E-state index in [9.17, 15) is 9.59 Å². The Morgan fingerprint density at radius 2 is 1.91 bits per heavy atom. The van der Waals surface area contributed by atoms with E-state index in [-0.39, 0.29) is 11.9 Å². The molecule has 5 nitrogen and oxygen atoms in total. The van der Waals surface area contributed by atoms with Gasteiger partial charge in [0.2, 0.25) is 0 Å². The summed E-state index contributed by atoms with van der Waals surface area (Å²) in [6, 6.07) is 1.07. The van der Waals surface area contributed by atoms with Crippen molar-refractivity contribution >= 4 is 11.9 Å². The van der Waals surface area contributed by atoms with Crippen molar-refractivity contribution in [3.63, 3.8) is 0 Å². The molecule has 4 aliphatic rings. The molecule has 0 bridgehead atoms. The van der Waals surface area contributed by atoms with E-state index in [1.54, 1.807) is 0 Å². The molecule has 22 heavy (non-hydrogen) atoms. The average molecular weight is 306 g/mol. The van der Waals surface area contributed by atoms with Crippen LogP contribution < -0.4 is 0 Å². The van der Waals surface area contributed by atoms with Gasteiger partial charge >= 0.3 is 5.97 Å². The summed E-state index contributed by atoms with van der Waals surface area (Å²) in [7, 11) is 0. The summed E-state index contributed by atoms with van der Waals surface area (Å²) in [6.45, 7) is 4.76. The highest BCUT2D eigenvalue weighted by atomic mass is 16.5. The van der Waals surface area contributed by atoms with Gasteiger partial charge in [-0.05, 0) is 63.5 Å². The zero-order valence-corrected chi connectivity index (χ0v) is 13.4. The Hall–Kier alpha value is -1.10. The van der Waals surface area contributed by atoms with E-state index >= 15 is 0 Å². The molecule has 4 saturated heterocycles. The molecule has 5 heteroatoms. The van der Waals surface area contributed by atoms with Crippen molar-refractivity contribution in [1.29, 1.82) is 0 Å². The molecule has 0 saturated carbocycles. The van der Waals surface area contributed by atoms with Gasteiger partial charge in [-0.1, -0.05) is 0 Å². The number of fused-ring (bicyclic) bond motifs is 2. The fraction of sp³-hybridized carbons (Fsp3) is 0.882. The van der Waals surface area contributed by atoms with E-state index in [4.69, 9.17) is 4.74 Å². The first-order valence-electron chi connectivity index (χ1n) is 8.87. The van der Waals surface area contributed by atoms with E-state index in [1.807, 2.05) is 0 Å². The summed E-state index contributed by atoms with van der Waals surface area (Å²) in [5.74, 6) is 0.978. The molecule has 4 heterocycles. The molecule has 0 aliphatic carbocycles. The highest BCUT2D eigenvalue weighted by Gasteiger charge is 2.52. The molecule has 0 radical (unpaired) electrons. The lowest BCUT2D eigenvalue weighted by Gasteiger charge is -2.59. The Labute approximate surface area is 132 Å². The van der Waals surface area contributed by atoms with Gasteiger partial charge in [0.1, 0.15) is 0 Å². The van der Waals surface area contributed by atoms with Crippen molar-refractivity contribution in [1.82, 2.24) is 9.80 Å². The van der Waals surface area contributed by atoms with Gasteiger partial charge < -0.3 is 9.64 Å². The maximum atomic E-state index is 12.8. The number of esters is 1. The zero-order chi connectivity index (χ0) is 15.3. The molecule has 0 aromatic rings. The number of hydrogen-bond donors (Lipinski definition) is 0. The molecule has 0 N–H and O–H groups in total. The Morgan fingerprint density at radius 1 is 1.14 bits per heavy atom. The standard InChI is InChI=1S/C17H26N2O3/c1-11(20)22-15-7-6-14-13-5-3-9-18-8-2-4-12(16(13)18)10-19(14)17(15)21/h12-16H,2-10H2,1H3. The van der Waals surface area contributed by atoms with Gasteiger partial charge in [-0.3, -0.25) is 14.5 Å². The van der Waals surface area contributed by atoms with Crippen LogP contribution in [-0.2, 0) is 14.3 Å². The minimum atomic E-state index is -0.534. The smallest absolute Gasteiger partial charge is 0.303 e. The Kier molecular flexibility index (Phi) is 3.63. The zero-order valence-electron chi connectivity index (χ0n) is 13.4. The third-order valence-electron chi connectivity index (χ3n) is 6.26. The summed E-state index contributed by atoms with van der Waals surface area (Å²) in [6.07, 6.45) is 6.18. The third kappa shape index (κ3) is 2.25. The minimum absolute atomic E-state index is 0.0626. The van der Waals surface area contributed by atoms with Crippen molar-refractivity contribution in [2.75, 3.05) is 19.6 Å². The minimum Gasteiger partial charge on any atom is -0.452 e. The maximum Gasteiger partial charge on any atom is 0.303 e. The summed E-state index contributed by atoms with van der Waals surface area (Å²) < 4.78 is 5.25. The number of hydrogen-bond acceptors (Lipinski definition) is 4. The van der Waals surface area contributed by atoms with Gasteiger partial charge in [0.15, 0.2) is 6.10 Å². The van der Waals surface area contributed by atoms with Crippen molar-refractivity contribution < 1.29 is 14.3 Å². The predicted octanol–water partition coefficient (Wildman–Crippen LogP) is 1.41. The van der Waals surface area contributed by atoms with E-state index in [0.717, 1.165) is 13.0 Å². The first kappa shape index (κ1) is 14.5. The number of ether oxygens (including phenoxy) is 1. The quantitative estimate of drug-likeness (QED) is 0.687. The molecule has 4 fully saturated rings.